The van der Waals surface area contributed by atoms with Gasteiger partial charge in [0.25, 0.3) is 5.91 Å². The molecule has 0 radical (unpaired) electrons. The number of methoxy groups -OCH3 is 1. The van der Waals surface area contributed by atoms with Gasteiger partial charge in [-0.05, 0) is 31.2 Å². The largest absolute Gasteiger partial charge is 0.493 e. The molecular weight excluding hydrogens is 363 g/mol. The predicted molar refractivity (Wildman–Crippen MR) is 99.9 cm³/mol. The summed E-state index contributed by atoms with van der Waals surface area (Å²) in [7, 11) is 1.54. The first-order valence-corrected chi connectivity index (χ1v) is 8.37. The summed E-state index contributed by atoms with van der Waals surface area (Å²) >= 11 is 12.1. The van der Waals surface area contributed by atoms with E-state index in [4.69, 9.17) is 32.7 Å². The van der Waals surface area contributed by atoms with Crippen LogP contribution in [0.5, 0.6) is 11.5 Å². The van der Waals surface area contributed by atoms with Gasteiger partial charge in [0.15, 0.2) is 11.5 Å². The van der Waals surface area contributed by atoms with Crippen LogP contribution in [-0.4, -0.2) is 18.0 Å². The standard InChI is InChI=1S/C18H18Cl2N2O3/c1-4-12(5-2)25-16-8-11(6-7-15(16)24-3)18(23)22-17-13(19)9-21-10-14(17)20/h4,6-10H,5H2,1-3H3,(H,21,22,23). The van der Waals surface area contributed by atoms with E-state index >= 15 is 0 Å². The van der Waals surface area contributed by atoms with Crippen LogP contribution in [0.1, 0.15) is 30.6 Å². The number of nitrogens with zero attached hydrogens (tertiary/aromatic N) is 1. The van der Waals surface area contributed by atoms with Crippen molar-refractivity contribution in [1.82, 2.24) is 4.98 Å². The Balaban J connectivity index is 2.31. The number of nitrogens with one attached hydrogen (secondary N) is 1. The molecule has 0 aliphatic heterocycles. The lowest BCUT2D eigenvalue weighted by molar-refractivity contribution is 0.102. The van der Waals surface area contributed by atoms with Gasteiger partial charge >= 0.3 is 0 Å². The predicted octanol–water partition coefficient (Wildman–Crippen LogP) is 5.34. The van der Waals surface area contributed by atoms with Crippen LogP contribution >= 0.6 is 23.2 Å². The van der Waals surface area contributed by atoms with Crippen molar-refractivity contribution in [3.05, 3.63) is 58.0 Å². The van der Waals surface area contributed by atoms with Gasteiger partial charge < -0.3 is 14.8 Å². The molecule has 1 heterocycles. The van der Waals surface area contributed by atoms with E-state index in [9.17, 15) is 4.79 Å². The number of allylic oxidation sites excluding steroid dienone is 2. The minimum absolute atomic E-state index is 0.257. The lowest BCUT2D eigenvalue weighted by Gasteiger charge is -2.14. The Morgan fingerprint density at radius 3 is 2.48 bits per heavy atom. The highest BCUT2D eigenvalue weighted by Gasteiger charge is 2.15. The van der Waals surface area contributed by atoms with Gasteiger partial charge in [0, 0.05) is 24.4 Å². The minimum Gasteiger partial charge on any atom is -0.493 e. The fraction of sp³-hybridized carbons (Fsp3) is 0.222. The van der Waals surface area contributed by atoms with Crippen LogP contribution in [0.15, 0.2) is 42.4 Å². The second-order valence-electron chi connectivity index (χ2n) is 5.01. The van der Waals surface area contributed by atoms with Crippen LogP contribution in [0.2, 0.25) is 10.0 Å². The second-order valence-corrected chi connectivity index (χ2v) is 5.82. The summed E-state index contributed by atoms with van der Waals surface area (Å²) in [6.07, 6.45) is 5.40. The molecule has 0 atom stereocenters. The summed E-state index contributed by atoms with van der Waals surface area (Å²) in [5.74, 6) is 1.39. The number of hydrogen-bond acceptors (Lipinski definition) is 4. The summed E-state index contributed by atoms with van der Waals surface area (Å²) in [5, 5.41) is 3.20. The fourth-order valence-corrected chi connectivity index (χ4v) is 2.55. The quantitative estimate of drug-likeness (QED) is 0.686. The van der Waals surface area contributed by atoms with E-state index in [2.05, 4.69) is 10.3 Å². The molecule has 2 rings (SSSR count). The molecule has 0 fully saturated rings. The van der Waals surface area contributed by atoms with Gasteiger partial charge in [0.1, 0.15) is 0 Å². The zero-order chi connectivity index (χ0) is 18.4. The van der Waals surface area contributed by atoms with Crippen molar-refractivity contribution >= 4 is 34.8 Å². The third-order valence-electron chi connectivity index (χ3n) is 3.43. The molecule has 2 aromatic rings. The smallest absolute Gasteiger partial charge is 0.255 e. The Labute approximate surface area is 156 Å². The third kappa shape index (κ3) is 4.65. The van der Waals surface area contributed by atoms with Crippen LogP contribution in [0.3, 0.4) is 0 Å². The maximum Gasteiger partial charge on any atom is 0.255 e. The summed E-state index contributed by atoms with van der Waals surface area (Å²) in [6.45, 7) is 3.86. The first-order chi connectivity index (χ1) is 12.0. The molecule has 0 unspecified atom stereocenters. The van der Waals surface area contributed by atoms with Gasteiger partial charge in [-0.3, -0.25) is 9.78 Å². The minimum atomic E-state index is -0.374. The van der Waals surface area contributed by atoms with Crippen molar-refractivity contribution in [2.45, 2.75) is 20.3 Å². The van der Waals surface area contributed by atoms with Gasteiger partial charge in [-0.1, -0.05) is 30.1 Å². The Bertz CT molecular complexity index is 787. The molecule has 0 aliphatic rings. The lowest BCUT2D eigenvalue weighted by atomic mass is 10.2. The van der Waals surface area contributed by atoms with E-state index in [1.165, 1.54) is 12.4 Å². The number of ether oxygens (including phenoxy) is 2. The Hall–Kier alpha value is -2.24. The van der Waals surface area contributed by atoms with E-state index in [0.717, 1.165) is 12.2 Å². The third-order valence-corrected chi connectivity index (χ3v) is 4.00. The number of hydrogen-bond donors (Lipinski definition) is 1. The van der Waals surface area contributed by atoms with Gasteiger partial charge in [0.2, 0.25) is 0 Å². The summed E-state index contributed by atoms with van der Waals surface area (Å²) < 4.78 is 11.1. The Morgan fingerprint density at radius 2 is 1.92 bits per heavy atom. The van der Waals surface area contributed by atoms with Gasteiger partial charge in [-0.15, -0.1) is 0 Å². The van der Waals surface area contributed by atoms with E-state index in [1.54, 1.807) is 25.3 Å². The first kappa shape index (κ1) is 19.1. The number of benzene rings is 1. The highest BCUT2D eigenvalue weighted by molar-refractivity contribution is 6.39. The molecular formula is C18H18Cl2N2O3. The molecule has 7 heteroatoms. The summed E-state index contributed by atoms with van der Waals surface area (Å²) in [6, 6.07) is 4.91. The second kappa shape index (κ2) is 8.74. The number of aromatic nitrogens is 1. The van der Waals surface area contributed by atoms with Crippen LogP contribution in [-0.2, 0) is 0 Å². The molecule has 1 amide bonds. The van der Waals surface area contributed by atoms with Crippen molar-refractivity contribution in [1.29, 1.82) is 0 Å². The number of halogens is 2. The molecule has 25 heavy (non-hydrogen) atoms. The number of rotatable bonds is 6. The average Bonchev–Trinajstić information content (AvgIpc) is 2.62. The zero-order valence-corrected chi connectivity index (χ0v) is 15.6. The molecule has 132 valence electrons. The van der Waals surface area contributed by atoms with Crippen LogP contribution in [0, 0.1) is 0 Å². The number of carbonyl (C=O) groups excluding carboxylic acids is 1. The molecule has 0 spiro atoms. The van der Waals surface area contributed by atoms with Crippen molar-refractivity contribution in [3.8, 4) is 11.5 Å². The molecule has 1 aromatic heterocycles. The monoisotopic (exact) mass is 380 g/mol. The molecule has 5 nitrogen and oxygen atoms in total. The van der Waals surface area contributed by atoms with Crippen molar-refractivity contribution in [2.75, 3.05) is 12.4 Å². The van der Waals surface area contributed by atoms with Crippen LogP contribution < -0.4 is 14.8 Å². The normalized spacial score (nSPS) is 11.2. The number of anilines is 1. The summed E-state index contributed by atoms with van der Waals surface area (Å²) in [4.78, 5) is 16.4. The van der Waals surface area contributed by atoms with Crippen molar-refractivity contribution in [2.24, 2.45) is 0 Å². The van der Waals surface area contributed by atoms with Crippen LogP contribution in [0.4, 0.5) is 5.69 Å². The van der Waals surface area contributed by atoms with Gasteiger partial charge in [-0.2, -0.15) is 0 Å². The Morgan fingerprint density at radius 1 is 1.24 bits per heavy atom. The van der Waals surface area contributed by atoms with Crippen molar-refractivity contribution in [3.63, 3.8) is 0 Å². The molecule has 0 saturated heterocycles. The van der Waals surface area contributed by atoms with E-state index in [1.807, 2.05) is 19.9 Å². The zero-order valence-electron chi connectivity index (χ0n) is 14.1. The van der Waals surface area contributed by atoms with E-state index in [0.29, 0.717) is 22.7 Å². The van der Waals surface area contributed by atoms with E-state index < -0.39 is 0 Å². The number of pyridine rings is 1. The van der Waals surface area contributed by atoms with Crippen LogP contribution in [0.25, 0.3) is 0 Å². The molecule has 0 bridgehead atoms. The highest BCUT2D eigenvalue weighted by atomic mass is 35.5. The molecule has 1 aromatic carbocycles. The molecule has 0 aliphatic carbocycles. The number of carbonyl (C=O) groups is 1. The van der Waals surface area contributed by atoms with Crippen molar-refractivity contribution < 1.29 is 14.3 Å². The number of amides is 1. The maximum atomic E-state index is 12.5. The topological polar surface area (TPSA) is 60.5 Å². The lowest BCUT2D eigenvalue weighted by Crippen LogP contribution is -2.13. The molecule has 0 saturated carbocycles. The first-order valence-electron chi connectivity index (χ1n) is 7.61. The highest BCUT2D eigenvalue weighted by Crippen LogP contribution is 2.32. The summed E-state index contributed by atoms with van der Waals surface area (Å²) in [5.41, 5.74) is 0.690. The molecule has 1 N–H and O–H groups in total. The maximum absolute atomic E-state index is 12.5. The Kier molecular flexibility index (Phi) is 6.67. The average molecular weight is 381 g/mol. The SMILES string of the molecule is CC=C(CC)Oc1cc(C(=O)Nc2c(Cl)cncc2Cl)ccc1OC. The van der Waals surface area contributed by atoms with Gasteiger partial charge in [-0.25, -0.2) is 0 Å². The van der Waals surface area contributed by atoms with Gasteiger partial charge in [0.05, 0.1) is 28.6 Å². The fourth-order valence-electron chi connectivity index (χ4n) is 2.09. The van der Waals surface area contributed by atoms with E-state index in [-0.39, 0.29) is 16.0 Å².